The highest BCUT2D eigenvalue weighted by Gasteiger charge is 2.24. The average Bonchev–Trinajstić information content (AvgIpc) is 3.26. The summed E-state index contributed by atoms with van der Waals surface area (Å²) in [6.45, 7) is 2.47. The van der Waals surface area contributed by atoms with Crippen LogP contribution in [-0.2, 0) is 17.6 Å². The highest BCUT2D eigenvalue weighted by Crippen LogP contribution is 2.37. The lowest BCUT2D eigenvalue weighted by molar-refractivity contribution is -0.118. The number of nitrogens with zero attached hydrogens (tertiary/aromatic N) is 1. The fourth-order valence-electron chi connectivity index (χ4n) is 3.86. The molecule has 0 radical (unpaired) electrons. The van der Waals surface area contributed by atoms with E-state index in [-0.39, 0.29) is 11.8 Å². The van der Waals surface area contributed by atoms with Gasteiger partial charge in [-0.15, -0.1) is 0 Å². The van der Waals surface area contributed by atoms with E-state index >= 15 is 0 Å². The molecule has 28 heavy (non-hydrogen) atoms. The Kier molecular flexibility index (Phi) is 5.15. The molecule has 1 heterocycles. The minimum Gasteiger partial charge on any atom is -0.493 e. The molecule has 3 aromatic rings. The van der Waals surface area contributed by atoms with Crippen LogP contribution in [0.1, 0.15) is 41.3 Å². The molecule has 1 aliphatic carbocycles. The predicted octanol–water partition coefficient (Wildman–Crippen LogP) is 4.18. The van der Waals surface area contributed by atoms with Gasteiger partial charge in [0.2, 0.25) is 11.8 Å². The largest absolute Gasteiger partial charge is 0.493 e. The summed E-state index contributed by atoms with van der Waals surface area (Å²) in [5, 5.41) is 0. The Morgan fingerprint density at radius 1 is 1.25 bits per heavy atom. The highest BCUT2D eigenvalue weighted by atomic mass is 16.5. The van der Waals surface area contributed by atoms with Crippen LogP contribution in [0, 0.1) is 6.92 Å². The molecule has 1 aliphatic rings. The highest BCUT2D eigenvalue weighted by molar-refractivity contribution is 5.75. The molecule has 2 N–H and O–H groups in total. The van der Waals surface area contributed by atoms with Gasteiger partial charge in [0.05, 0.1) is 12.3 Å². The van der Waals surface area contributed by atoms with Gasteiger partial charge in [-0.1, -0.05) is 24.3 Å². The van der Waals surface area contributed by atoms with Gasteiger partial charge in [-0.05, 0) is 61.1 Å². The van der Waals surface area contributed by atoms with Crippen molar-refractivity contribution in [2.45, 2.75) is 38.5 Å². The monoisotopic (exact) mass is 376 g/mol. The summed E-state index contributed by atoms with van der Waals surface area (Å²) in [7, 11) is 0. The van der Waals surface area contributed by atoms with Crippen LogP contribution >= 0.6 is 0 Å². The number of carbonyl (C=O) groups excluding carboxylic acids is 1. The van der Waals surface area contributed by atoms with E-state index in [2.05, 4.69) is 17.1 Å². The summed E-state index contributed by atoms with van der Waals surface area (Å²) in [5.74, 6) is 2.33. The maximum Gasteiger partial charge on any atom is 0.226 e. The Morgan fingerprint density at radius 2 is 2.07 bits per heavy atom. The molecule has 5 nitrogen and oxygen atoms in total. The zero-order valence-electron chi connectivity index (χ0n) is 16.0. The Bertz CT molecular complexity index is 979. The van der Waals surface area contributed by atoms with Gasteiger partial charge in [0.25, 0.3) is 0 Å². The number of hydrogen-bond acceptors (Lipinski definition) is 4. The SMILES string of the molecule is Cc1oc(-c2ccccc2)nc1CCOc1ccc2c(c1)CCC2CC(N)=O. The number of ether oxygens (including phenoxy) is 1. The van der Waals surface area contributed by atoms with E-state index in [9.17, 15) is 4.79 Å². The molecule has 144 valence electrons. The van der Waals surface area contributed by atoms with Crippen LogP contribution < -0.4 is 10.5 Å². The summed E-state index contributed by atoms with van der Waals surface area (Å²) in [4.78, 5) is 15.8. The standard InChI is InChI=1S/C23H24N2O3/c1-15-21(25-23(28-15)16-5-3-2-4-6-16)11-12-27-19-9-10-20-17(13-19)7-8-18(20)14-22(24)26/h2-6,9-10,13,18H,7-8,11-12,14H2,1H3,(H2,24,26). The fraction of sp³-hybridized carbons (Fsp3) is 0.304. The van der Waals surface area contributed by atoms with Crippen LogP contribution in [0.2, 0.25) is 0 Å². The van der Waals surface area contributed by atoms with Gasteiger partial charge in [-0.25, -0.2) is 4.98 Å². The van der Waals surface area contributed by atoms with Gasteiger partial charge < -0.3 is 14.9 Å². The zero-order valence-corrected chi connectivity index (χ0v) is 16.0. The second-order valence-electron chi connectivity index (χ2n) is 7.25. The molecule has 1 atom stereocenters. The first-order valence-corrected chi connectivity index (χ1v) is 9.66. The lowest BCUT2D eigenvalue weighted by Crippen LogP contribution is -2.13. The summed E-state index contributed by atoms with van der Waals surface area (Å²) in [5.41, 5.74) is 9.73. The third kappa shape index (κ3) is 3.93. The van der Waals surface area contributed by atoms with Gasteiger partial charge in [0.15, 0.2) is 0 Å². The van der Waals surface area contributed by atoms with Gasteiger partial charge in [-0.2, -0.15) is 0 Å². The van der Waals surface area contributed by atoms with Crippen molar-refractivity contribution in [3.8, 4) is 17.2 Å². The number of hydrogen-bond donors (Lipinski definition) is 1. The molecule has 5 heteroatoms. The van der Waals surface area contributed by atoms with Crippen LogP contribution in [-0.4, -0.2) is 17.5 Å². The van der Waals surface area contributed by atoms with Crippen molar-refractivity contribution in [3.05, 3.63) is 71.1 Å². The van der Waals surface area contributed by atoms with Gasteiger partial charge in [-0.3, -0.25) is 4.79 Å². The first-order valence-electron chi connectivity index (χ1n) is 9.66. The molecular weight excluding hydrogens is 352 g/mol. The first-order chi connectivity index (χ1) is 13.6. The normalized spacial score (nSPS) is 15.4. The molecule has 0 saturated carbocycles. The van der Waals surface area contributed by atoms with E-state index < -0.39 is 0 Å². The summed E-state index contributed by atoms with van der Waals surface area (Å²) in [6.07, 6.45) is 3.04. The minimum atomic E-state index is -0.240. The van der Waals surface area contributed by atoms with Crippen molar-refractivity contribution in [2.75, 3.05) is 6.61 Å². The lowest BCUT2D eigenvalue weighted by Gasteiger charge is -2.11. The zero-order chi connectivity index (χ0) is 19.5. The topological polar surface area (TPSA) is 78.3 Å². The van der Waals surface area contributed by atoms with Crippen molar-refractivity contribution in [1.29, 1.82) is 0 Å². The second-order valence-corrected chi connectivity index (χ2v) is 7.25. The third-order valence-electron chi connectivity index (χ3n) is 5.28. The fourth-order valence-corrected chi connectivity index (χ4v) is 3.86. The maximum atomic E-state index is 11.2. The molecule has 4 rings (SSSR count). The third-order valence-corrected chi connectivity index (χ3v) is 5.28. The number of aromatic nitrogens is 1. The average molecular weight is 376 g/mol. The number of carbonyl (C=O) groups is 1. The molecule has 1 unspecified atom stereocenters. The van der Waals surface area contributed by atoms with Crippen LogP contribution in [0.3, 0.4) is 0 Å². The molecule has 0 fully saturated rings. The number of nitrogens with two attached hydrogens (primary N) is 1. The van der Waals surface area contributed by atoms with Crippen LogP contribution in [0.5, 0.6) is 5.75 Å². The Labute approximate surface area is 164 Å². The van der Waals surface area contributed by atoms with Crippen molar-refractivity contribution < 1.29 is 13.9 Å². The van der Waals surface area contributed by atoms with Gasteiger partial charge in [0, 0.05) is 18.4 Å². The van der Waals surface area contributed by atoms with E-state index in [1.54, 1.807) is 0 Å². The molecule has 0 aliphatic heterocycles. The first kappa shape index (κ1) is 18.3. The predicted molar refractivity (Wildman–Crippen MR) is 107 cm³/mol. The van der Waals surface area contributed by atoms with Crippen LogP contribution in [0.25, 0.3) is 11.5 Å². The molecule has 1 aromatic heterocycles. The Morgan fingerprint density at radius 3 is 2.86 bits per heavy atom. The summed E-state index contributed by atoms with van der Waals surface area (Å²) < 4.78 is 11.8. The van der Waals surface area contributed by atoms with Crippen LogP contribution in [0.15, 0.2) is 52.9 Å². The van der Waals surface area contributed by atoms with Gasteiger partial charge in [0.1, 0.15) is 11.5 Å². The number of oxazole rings is 1. The molecule has 0 bridgehead atoms. The number of rotatable bonds is 7. The summed E-state index contributed by atoms with van der Waals surface area (Å²) >= 11 is 0. The number of benzene rings is 2. The van der Waals surface area contributed by atoms with E-state index in [1.165, 1.54) is 11.1 Å². The molecule has 0 saturated heterocycles. The summed E-state index contributed by atoms with van der Waals surface area (Å²) in [6, 6.07) is 16.0. The minimum absolute atomic E-state index is 0.240. The molecular formula is C23H24N2O3. The van der Waals surface area contributed by atoms with E-state index in [1.807, 2.05) is 43.3 Å². The Hall–Kier alpha value is -3.08. The van der Waals surface area contributed by atoms with Crippen molar-refractivity contribution in [1.82, 2.24) is 4.98 Å². The number of primary amides is 1. The molecule has 2 aromatic carbocycles. The second kappa shape index (κ2) is 7.89. The van der Waals surface area contributed by atoms with Crippen molar-refractivity contribution in [3.63, 3.8) is 0 Å². The Balaban J connectivity index is 1.37. The quantitative estimate of drug-likeness (QED) is 0.671. The maximum absolute atomic E-state index is 11.2. The number of amides is 1. The molecule has 0 spiro atoms. The number of fused-ring (bicyclic) bond motifs is 1. The lowest BCUT2D eigenvalue weighted by atomic mass is 9.97. The number of aryl methyl sites for hydroxylation is 2. The van der Waals surface area contributed by atoms with Crippen molar-refractivity contribution >= 4 is 5.91 Å². The van der Waals surface area contributed by atoms with E-state index in [0.717, 1.165) is 35.6 Å². The van der Waals surface area contributed by atoms with E-state index in [0.29, 0.717) is 25.3 Å². The molecule has 1 amide bonds. The van der Waals surface area contributed by atoms with Crippen molar-refractivity contribution in [2.24, 2.45) is 5.73 Å². The van der Waals surface area contributed by atoms with E-state index in [4.69, 9.17) is 14.9 Å². The smallest absolute Gasteiger partial charge is 0.226 e. The van der Waals surface area contributed by atoms with Gasteiger partial charge >= 0.3 is 0 Å². The van der Waals surface area contributed by atoms with Crippen LogP contribution in [0.4, 0.5) is 0 Å².